The fourth-order valence-corrected chi connectivity index (χ4v) is 3.56. The molecule has 0 saturated heterocycles. The van der Waals surface area contributed by atoms with Gasteiger partial charge in [-0.3, -0.25) is 0 Å². The van der Waals surface area contributed by atoms with Gasteiger partial charge in [0.1, 0.15) is 10.6 Å². The molecule has 2 heterocycles. The summed E-state index contributed by atoms with van der Waals surface area (Å²) in [5.41, 5.74) is 0.746. The third-order valence-corrected chi connectivity index (χ3v) is 5.20. The quantitative estimate of drug-likeness (QED) is 0.920. The number of hydrogen-bond donors (Lipinski definition) is 1. The molecule has 2 unspecified atom stereocenters. The van der Waals surface area contributed by atoms with Crippen LogP contribution in [0.15, 0.2) is 16.5 Å². The van der Waals surface area contributed by atoms with E-state index in [0.717, 1.165) is 24.3 Å². The Hall–Kier alpha value is -1.62. The van der Waals surface area contributed by atoms with E-state index in [1.54, 1.807) is 0 Å². The Kier molecular flexibility index (Phi) is 2.54. The molecule has 1 N–H and O–H groups in total. The number of carboxylic acids is 1. The fourth-order valence-electron chi connectivity index (χ4n) is 2.61. The summed E-state index contributed by atoms with van der Waals surface area (Å²) in [6.45, 7) is 2.21. The molecule has 20 heavy (non-hydrogen) atoms. The topological polar surface area (TPSA) is 63.3 Å². The van der Waals surface area contributed by atoms with Crippen molar-refractivity contribution < 1.29 is 14.3 Å². The van der Waals surface area contributed by atoms with Crippen LogP contribution in [0, 0.1) is 5.92 Å². The highest BCUT2D eigenvalue weighted by Crippen LogP contribution is 2.49. The lowest BCUT2D eigenvalue weighted by Crippen LogP contribution is -1.97. The van der Waals surface area contributed by atoms with Gasteiger partial charge in [-0.25, -0.2) is 9.78 Å². The second kappa shape index (κ2) is 4.19. The molecule has 104 valence electrons. The first-order valence-corrected chi connectivity index (χ1v) is 7.79. The van der Waals surface area contributed by atoms with Gasteiger partial charge in [0.25, 0.3) is 0 Å². The van der Waals surface area contributed by atoms with Gasteiger partial charge in [0.05, 0.1) is 5.69 Å². The number of furan rings is 1. The Morgan fingerprint density at radius 2 is 2.20 bits per heavy atom. The largest absolute Gasteiger partial charge is 0.477 e. The summed E-state index contributed by atoms with van der Waals surface area (Å²) in [5.74, 6) is 2.40. The molecule has 0 aliphatic heterocycles. The van der Waals surface area contributed by atoms with Gasteiger partial charge in [0.2, 0.25) is 0 Å². The van der Waals surface area contributed by atoms with E-state index in [0.29, 0.717) is 33.4 Å². The summed E-state index contributed by atoms with van der Waals surface area (Å²) in [4.78, 5) is 16.2. The highest BCUT2D eigenvalue weighted by molar-refractivity contribution is 7.17. The van der Waals surface area contributed by atoms with Gasteiger partial charge in [0.15, 0.2) is 10.8 Å². The summed E-state index contributed by atoms with van der Waals surface area (Å²) in [6, 6.07) is 3.92. The fraction of sp³-hybridized carbons (Fsp3) is 0.467. The first-order valence-electron chi connectivity index (χ1n) is 6.97. The van der Waals surface area contributed by atoms with E-state index in [-0.39, 0.29) is 0 Å². The van der Waals surface area contributed by atoms with Crippen LogP contribution in [0.4, 0.5) is 0 Å². The maximum absolute atomic E-state index is 11.3. The zero-order valence-corrected chi connectivity index (χ0v) is 11.9. The van der Waals surface area contributed by atoms with Crippen molar-refractivity contribution >= 4 is 17.3 Å². The van der Waals surface area contributed by atoms with Gasteiger partial charge >= 0.3 is 5.97 Å². The van der Waals surface area contributed by atoms with Crippen molar-refractivity contribution in [1.82, 2.24) is 4.98 Å². The van der Waals surface area contributed by atoms with Crippen molar-refractivity contribution in [2.24, 2.45) is 5.92 Å². The van der Waals surface area contributed by atoms with E-state index in [4.69, 9.17) is 4.42 Å². The molecule has 2 aliphatic carbocycles. The van der Waals surface area contributed by atoms with E-state index in [9.17, 15) is 9.90 Å². The third-order valence-electron chi connectivity index (χ3n) is 4.12. The normalized spacial score (nSPS) is 24.9. The van der Waals surface area contributed by atoms with Crippen molar-refractivity contribution in [2.45, 2.75) is 38.0 Å². The molecule has 0 spiro atoms. The molecule has 0 radical (unpaired) electrons. The van der Waals surface area contributed by atoms with Crippen LogP contribution >= 0.6 is 11.3 Å². The monoisotopic (exact) mass is 289 g/mol. The SMILES string of the molecule is CC1CC1c1ccc(-c2nc(C3CC3)c(C(=O)O)s2)o1. The number of carbonyl (C=O) groups is 1. The molecule has 2 aromatic heterocycles. The van der Waals surface area contributed by atoms with Gasteiger partial charge in [-0.15, -0.1) is 11.3 Å². The maximum Gasteiger partial charge on any atom is 0.347 e. The first-order chi connectivity index (χ1) is 9.63. The number of nitrogens with zero attached hydrogens (tertiary/aromatic N) is 1. The van der Waals surface area contributed by atoms with Gasteiger partial charge < -0.3 is 9.52 Å². The smallest absolute Gasteiger partial charge is 0.347 e. The molecule has 0 bridgehead atoms. The number of rotatable bonds is 4. The summed E-state index contributed by atoms with van der Waals surface area (Å²) in [7, 11) is 0. The number of aromatic nitrogens is 1. The highest BCUT2D eigenvalue weighted by Gasteiger charge is 2.37. The molecule has 2 fully saturated rings. The maximum atomic E-state index is 11.3. The Morgan fingerprint density at radius 3 is 2.80 bits per heavy atom. The lowest BCUT2D eigenvalue weighted by molar-refractivity contribution is 0.0700. The average Bonchev–Trinajstić information content (AvgIpc) is 3.28. The Bertz CT molecular complexity index is 683. The van der Waals surface area contributed by atoms with Crippen molar-refractivity contribution in [1.29, 1.82) is 0 Å². The zero-order chi connectivity index (χ0) is 13.9. The number of hydrogen-bond acceptors (Lipinski definition) is 4. The molecule has 4 nitrogen and oxygen atoms in total. The van der Waals surface area contributed by atoms with Crippen LogP contribution in [-0.4, -0.2) is 16.1 Å². The zero-order valence-electron chi connectivity index (χ0n) is 11.1. The van der Waals surface area contributed by atoms with E-state index in [1.165, 1.54) is 17.8 Å². The summed E-state index contributed by atoms with van der Waals surface area (Å²) < 4.78 is 5.87. The minimum absolute atomic E-state index is 0.337. The van der Waals surface area contributed by atoms with Gasteiger partial charge in [-0.1, -0.05) is 6.92 Å². The minimum Gasteiger partial charge on any atom is -0.477 e. The summed E-state index contributed by atoms with van der Waals surface area (Å²) in [5, 5.41) is 9.98. The van der Waals surface area contributed by atoms with E-state index in [2.05, 4.69) is 11.9 Å². The molecule has 2 aliphatic rings. The molecule has 5 heteroatoms. The van der Waals surface area contributed by atoms with Gasteiger partial charge in [-0.2, -0.15) is 0 Å². The van der Waals surface area contributed by atoms with E-state index in [1.807, 2.05) is 12.1 Å². The van der Waals surface area contributed by atoms with Gasteiger partial charge in [-0.05, 0) is 37.3 Å². The molecule has 2 atom stereocenters. The van der Waals surface area contributed by atoms with Crippen molar-refractivity contribution in [2.75, 3.05) is 0 Å². The molecule has 2 saturated carbocycles. The molecular formula is C15H15NO3S. The highest BCUT2D eigenvalue weighted by atomic mass is 32.1. The molecule has 0 amide bonds. The van der Waals surface area contributed by atoms with E-state index < -0.39 is 5.97 Å². The Morgan fingerprint density at radius 1 is 1.45 bits per heavy atom. The lowest BCUT2D eigenvalue weighted by atomic mass is 10.2. The minimum atomic E-state index is -0.877. The lowest BCUT2D eigenvalue weighted by Gasteiger charge is -1.92. The number of carboxylic acid groups (broad SMARTS) is 1. The molecule has 2 aromatic rings. The van der Waals surface area contributed by atoms with E-state index >= 15 is 0 Å². The summed E-state index contributed by atoms with van der Waals surface area (Å²) in [6.07, 6.45) is 3.28. The van der Waals surface area contributed by atoms with Crippen LogP contribution < -0.4 is 0 Å². The molecular weight excluding hydrogens is 274 g/mol. The van der Waals surface area contributed by atoms with Crippen LogP contribution in [0.3, 0.4) is 0 Å². The number of aromatic carboxylic acids is 1. The second-order valence-corrected chi connectivity index (χ2v) is 6.83. The predicted molar refractivity (Wildman–Crippen MR) is 75.3 cm³/mol. The van der Waals surface area contributed by atoms with Crippen molar-refractivity contribution in [3.8, 4) is 10.8 Å². The van der Waals surface area contributed by atoms with Crippen LogP contribution in [0.1, 0.15) is 59.1 Å². The Labute approximate surface area is 120 Å². The molecule has 0 aromatic carbocycles. The van der Waals surface area contributed by atoms with Gasteiger partial charge in [0, 0.05) is 11.8 Å². The predicted octanol–water partition coefficient (Wildman–Crippen LogP) is 4.10. The first kappa shape index (κ1) is 12.1. The second-order valence-electron chi connectivity index (χ2n) is 5.83. The molecule has 4 rings (SSSR count). The number of thiazole rings is 1. The van der Waals surface area contributed by atoms with Crippen LogP contribution in [0.2, 0.25) is 0 Å². The Balaban J connectivity index is 1.69. The van der Waals surface area contributed by atoms with Crippen LogP contribution in [0.25, 0.3) is 10.8 Å². The van der Waals surface area contributed by atoms with Crippen molar-refractivity contribution in [3.63, 3.8) is 0 Å². The summed E-state index contributed by atoms with van der Waals surface area (Å²) >= 11 is 1.23. The van der Waals surface area contributed by atoms with Crippen molar-refractivity contribution in [3.05, 3.63) is 28.5 Å². The average molecular weight is 289 g/mol. The third kappa shape index (κ3) is 1.97. The van der Waals surface area contributed by atoms with Crippen LogP contribution in [0.5, 0.6) is 0 Å². The van der Waals surface area contributed by atoms with Crippen LogP contribution in [-0.2, 0) is 0 Å². The standard InChI is InChI=1S/C15H15NO3S/c1-7-6-9(7)10-4-5-11(19-10)14-16-12(8-2-3-8)13(20-14)15(17)18/h4-5,7-9H,2-3,6H2,1H3,(H,17,18).